The maximum Gasteiger partial charge on any atom is 0.472 e. The SMILES string of the molecule is CC/C=C\C/C=C\C/C=C\C/C=C\C/C=C\C/C=C\CCCCCCCCCCCCCCC(=O)OCC(O)COP(=O)(O)OCC(O)COP(=O)(O)OCC(COC(=O)CCCCCC/C=C\C/C=C\C/C=C\C/C=C\C/C=C\C/C=C\CC)OC(=O)CCCCCCCCC/C=C\C/C=C\C/C=C\C/C=C\C/C=C\CC. The van der Waals surface area contributed by atoms with Gasteiger partial charge in [0, 0.05) is 19.3 Å². The normalized spacial score (nSPS) is 14.9. The van der Waals surface area contributed by atoms with Crippen LogP contribution in [-0.4, -0.2) is 95.9 Å². The molecule has 4 N–H and O–H groups in total. The highest BCUT2D eigenvalue weighted by atomic mass is 31.2. The Morgan fingerprint density at radius 1 is 0.248 bits per heavy atom. The number of carbonyl (C=O) groups is 3. The van der Waals surface area contributed by atoms with Crippen molar-refractivity contribution in [2.24, 2.45) is 0 Å². The first-order valence-electron chi connectivity index (χ1n) is 43.4. The van der Waals surface area contributed by atoms with Crippen molar-refractivity contribution in [3.05, 3.63) is 207 Å². The van der Waals surface area contributed by atoms with E-state index in [0.29, 0.717) is 19.3 Å². The van der Waals surface area contributed by atoms with E-state index in [9.17, 15) is 43.5 Å². The first-order chi connectivity index (χ1) is 55.2. The molecule has 18 heteroatoms. The molecule has 0 heterocycles. The summed E-state index contributed by atoms with van der Waals surface area (Å²) in [5, 5.41) is 20.7. The number of esters is 3. The fraction of sp³-hybridized carbons (Fsp3) is 0.611. The largest absolute Gasteiger partial charge is 0.472 e. The average molecular weight is 1610 g/mol. The molecule has 0 spiro atoms. The second-order valence-corrected chi connectivity index (χ2v) is 31.1. The molecule has 0 saturated carbocycles. The fourth-order valence-corrected chi connectivity index (χ4v) is 12.6. The summed E-state index contributed by atoms with van der Waals surface area (Å²) in [6.07, 6.45) is 114. The molecule has 0 radical (unpaired) electrons. The van der Waals surface area contributed by atoms with Crippen LogP contribution in [0.15, 0.2) is 207 Å². The molecule has 0 aromatic heterocycles. The molecule has 0 fully saturated rings. The monoisotopic (exact) mass is 1610 g/mol. The zero-order chi connectivity index (χ0) is 82.2. The van der Waals surface area contributed by atoms with Gasteiger partial charge in [0.1, 0.15) is 25.4 Å². The van der Waals surface area contributed by atoms with Gasteiger partial charge < -0.3 is 34.2 Å². The molecule has 16 nitrogen and oxygen atoms in total. The summed E-state index contributed by atoms with van der Waals surface area (Å²) in [4.78, 5) is 58.9. The van der Waals surface area contributed by atoms with E-state index in [-0.39, 0.29) is 19.3 Å². The predicted octanol–water partition coefficient (Wildman–Crippen LogP) is 26.4. The number of hydrogen-bond acceptors (Lipinski definition) is 14. The molecule has 5 unspecified atom stereocenters. The van der Waals surface area contributed by atoms with E-state index in [2.05, 4.69) is 227 Å². The van der Waals surface area contributed by atoms with Crippen molar-refractivity contribution in [3.8, 4) is 0 Å². The number of phosphoric acid groups is 2. The van der Waals surface area contributed by atoms with Gasteiger partial charge in [-0.1, -0.05) is 337 Å². The Bertz CT molecular complexity index is 2880. The van der Waals surface area contributed by atoms with Gasteiger partial charge in [-0.05, 0) is 167 Å². The second kappa shape index (κ2) is 85.5. The molecule has 640 valence electrons. The molecule has 0 aromatic carbocycles. The number of carbonyl (C=O) groups excluding carboxylic acids is 3. The minimum atomic E-state index is -4.96. The van der Waals surface area contributed by atoms with E-state index in [1.54, 1.807) is 0 Å². The van der Waals surface area contributed by atoms with Crippen LogP contribution in [0.25, 0.3) is 0 Å². The molecule has 0 saturated heterocycles. The lowest BCUT2D eigenvalue weighted by atomic mass is 10.0. The Hall–Kier alpha value is -5.87. The highest BCUT2D eigenvalue weighted by Gasteiger charge is 2.29. The van der Waals surface area contributed by atoms with E-state index in [0.717, 1.165) is 205 Å². The number of aliphatic hydroxyl groups excluding tert-OH is 2. The highest BCUT2D eigenvalue weighted by molar-refractivity contribution is 7.47. The van der Waals surface area contributed by atoms with Crippen LogP contribution >= 0.6 is 15.6 Å². The van der Waals surface area contributed by atoms with E-state index in [1.807, 2.05) is 0 Å². The molecule has 5 atom stereocenters. The summed E-state index contributed by atoms with van der Waals surface area (Å²) < 4.78 is 61.4. The van der Waals surface area contributed by atoms with Crippen LogP contribution in [-0.2, 0) is 55.8 Å². The van der Waals surface area contributed by atoms with Crippen molar-refractivity contribution in [2.45, 2.75) is 334 Å². The number of rotatable bonds is 80. The van der Waals surface area contributed by atoms with Crippen molar-refractivity contribution < 1.29 is 75.8 Å². The summed E-state index contributed by atoms with van der Waals surface area (Å²) in [6.45, 7) is 2.29. The molecule has 113 heavy (non-hydrogen) atoms. The summed E-state index contributed by atoms with van der Waals surface area (Å²) in [5.74, 6) is -1.63. The van der Waals surface area contributed by atoms with E-state index in [4.69, 9.17) is 32.3 Å². The van der Waals surface area contributed by atoms with E-state index < -0.39 is 91.5 Å². The van der Waals surface area contributed by atoms with Crippen molar-refractivity contribution in [1.29, 1.82) is 0 Å². The van der Waals surface area contributed by atoms with Crippen LogP contribution in [0.1, 0.15) is 316 Å². The molecule has 0 aliphatic heterocycles. The second-order valence-electron chi connectivity index (χ2n) is 28.2. The minimum absolute atomic E-state index is 0.0770. The third-order valence-electron chi connectivity index (χ3n) is 17.5. The lowest BCUT2D eigenvalue weighted by Gasteiger charge is -2.21. The first-order valence-corrected chi connectivity index (χ1v) is 46.4. The van der Waals surface area contributed by atoms with Gasteiger partial charge >= 0.3 is 33.6 Å². The van der Waals surface area contributed by atoms with Gasteiger partial charge in [-0.15, -0.1) is 0 Å². The maximum atomic E-state index is 13.0. The summed E-state index contributed by atoms with van der Waals surface area (Å²) in [7, 11) is -9.83. The Morgan fingerprint density at radius 2 is 0.442 bits per heavy atom. The molecule has 0 aliphatic rings. The van der Waals surface area contributed by atoms with Crippen molar-refractivity contribution in [1.82, 2.24) is 0 Å². The number of hydrogen-bond donors (Lipinski definition) is 4. The van der Waals surface area contributed by atoms with E-state index >= 15 is 0 Å². The lowest BCUT2D eigenvalue weighted by Crippen LogP contribution is -2.30. The highest BCUT2D eigenvalue weighted by Crippen LogP contribution is 2.45. The van der Waals surface area contributed by atoms with E-state index in [1.165, 1.54) is 51.4 Å². The van der Waals surface area contributed by atoms with Crippen LogP contribution in [0.5, 0.6) is 0 Å². The Balaban J connectivity index is 4.67. The zero-order valence-electron chi connectivity index (χ0n) is 70.2. The van der Waals surface area contributed by atoms with Gasteiger partial charge in [0.2, 0.25) is 0 Å². The Labute approximate surface area is 686 Å². The van der Waals surface area contributed by atoms with Crippen LogP contribution < -0.4 is 0 Å². The number of allylic oxidation sites excluding steroid dienone is 34. The first kappa shape index (κ1) is 107. The minimum Gasteiger partial charge on any atom is -0.463 e. The lowest BCUT2D eigenvalue weighted by molar-refractivity contribution is -0.161. The predicted molar refractivity (Wildman–Crippen MR) is 472 cm³/mol. The molecular weight excluding hydrogens is 1460 g/mol. The summed E-state index contributed by atoms with van der Waals surface area (Å²) in [5.41, 5.74) is 0. The molecule has 0 aromatic rings. The van der Waals surface area contributed by atoms with Crippen molar-refractivity contribution in [2.75, 3.05) is 39.6 Å². The van der Waals surface area contributed by atoms with Crippen LogP contribution in [0.3, 0.4) is 0 Å². The van der Waals surface area contributed by atoms with Crippen molar-refractivity contribution in [3.63, 3.8) is 0 Å². The summed E-state index contributed by atoms with van der Waals surface area (Å²) in [6, 6.07) is 0. The number of aliphatic hydroxyl groups is 2. The van der Waals surface area contributed by atoms with Crippen molar-refractivity contribution >= 4 is 33.6 Å². The molecule has 0 rings (SSSR count). The third kappa shape index (κ3) is 86.8. The zero-order valence-corrected chi connectivity index (χ0v) is 72.0. The molecular formula is C95H154O16P2. The smallest absolute Gasteiger partial charge is 0.463 e. The average Bonchev–Trinajstić information content (AvgIpc) is 0.903. The number of ether oxygens (including phenoxy) is 3. The number of unbranched alkanes of at least 4 members (excludes halogenated alkanes) is 23. The Morgan fingerprint density at radius 3 is 0.699 bits per heavy atom. The third-order valence-corrected chi connectivity index (χ3v) is 19.4. The molecule has 0 bridgehead atoms. The maximum absolute atomic E-state index is 13.0. The molecule has 0 amide bonds. The van der Waals surface area contributed by atoms with Crippen LogP contribution in [0.4, 0.5) is 0 Å². The van der Waals surface area contributed by atoms with Crippen LogP contribution in [0.2, 0.25) is 0 Å². The van der Waals surface area contributed by atoms with Gasteiger partial charge in [0.25, 0.3) is 0 Å². The number of phosphoric ester groups is 2. The molecule has 0 aliphatic carbocycles. The van der Waals surface area contributed by atoms with Gasteiger partial charge in [0.05, 0.1) is 26.4 Å². The van der Waals surface area contributed by atoms with Gasteiger partial charge in [-0.2, -0.15) is 0 Å². The van der Waals surface area contributed by atoms with Gasteiger partial charge in [-0.25, -0.2) is 9.13 Å². The summed E-state index contributed by atoms with van der Waals surface area (Å²) >= 11 is 0. The quantitative estimate of drug-likeness (QED) is 0.0146. The van der Waals surface area contributed by atoms with Gasteiger partial charge in [-0.3, -0.25) is 32.5 Å². The standard InChI is InChI=1S/C95H154O16P2/c1-4-7-10-13-16-19-22-25-28-31-34-37-40-41-42-43-44-45-46-47-50-52-54-57-60-63-66-69-72-75-78-81-93(98)105-84-90(96)85-107-112(101,102)108-86-91(97)87-109-113(103,104)110-89-92(111-95(100)83-80-77-74-71-68-65-62-59-56-53-49-39-36-33-30-27-24-21-18-15-12-9-6-3)88-106-94(99)82-79-76-73-70-67-64-61-58-55-51-48-38-35-32-29-26-23-20-17-14-11-8-5-2/h7-12,16-21,25-30,34-39,41-42,44-45,51,53,55-56,61,64,90-92,96-97H,4-6,13-15,22-24,31-33,40,43,46-50,52,54,57-60,62-63,65-89H2,1-3H3,(H,101,102)(H,103,104)/b10-7-,11-8-,12-9-,19-16-,20-17-,21-18-,28-25-,29-26-,30-27-,37-34-,38-35-,39-36-,42-41-,45-44-,55-51-,56-53-,64-61-. The van der Waals surface area contributed by atoms with Crippen LogP contribution in [0, 0.1) is 0 Å². The Kier molecular flexibility index (Phi) is 81.1. The fourth-order valence-electron chi connectivity index (χ4n) is 11.0. The van der Waals surface area contributed by atoms with Gasteiger partial charge in [0.15, 0.2) is 6.10 Å². The topological polar surface area (TPSA) is 231 Å².